The number of aliphatic hydroxyl groups is 1. The lowest BCUT2D eigenvalue weighted by atomic mass is 10.0. The number of aliphatic hydroxyl groups excluding tert-OH is 1. The molecule has 0 fully saturated rings. The number of nitrogens with zero attached hydrogens (tertiary/aromatic N) is 4. The molecule has 0 aromatic carbocycles. The van der Waals surface area contributed by atoms with Crippen LogP contribution in [0, 0.1) is 5.92 Å². The Balaban J connectivity index is 2.83. The molecule has 21 heavy (non-hydrogen) atoms. The zero-order chi connectivity index (χ0) is 15.7. The minimum atomic E-state index is 0.212. The van der Waals surface area contributed by atoms with E-state index in [1.807, 2.05) is 0 Å². The molecule has 120 valence electrons. The summed E-state index contributed by atoms with van der Waals surface area (Å²) in [4.78, 5) is 15.3. The van der Waals surface area contributed by atoms with E-state index in [0.717, 1.165) is 32.5 Å². The third-order valence-electron chi connectivity index (χ3n) is 3.56. The fourth-order valence-electron chi connectivity index (χ4n) is 2.07. The summed E-state index contributed by atoms with van der Waals surface area (Å²) in [6, 6.07) is 0. The highest BCUT2D eigenvalue weighted by molar-refractivity contribution is 5.43. The summed E-state index contributed by atoms with van der Waals surface area (Å²) in [7, 11) is 1.80. The summed E-state index contributed by atoms with van der Waals surface area (Å²) in [6.07, 6.45) is 1.80. The summed E-state index contributed by atoms with van der Waals surface area (Å²) >= 11 is 0. The number of nitrogens with one attached hydrogen (secondary N) is 2. The lowest BCUT2D eigenvalue weighted by molar-refractivity contribution is 0.258. The molecule has 0 saturated heterocycles. The average molecular weight is 296 g/mol. The molecule has 1 unspecified atom stereocenters. The molecule has 0 amide bonds. The van der Waals surface area contributed by atoms with Gasteiger partial charge in [-0.2, -0.15) is 15.0 Å². The van der Waals surface area contributed by atoms with Crippen molar-refractivity contribution in [3.8, 4) is 0 Å². The first-order valence-corrected chi connectivity index (χ1v) is 7.71. The van der Waals surface area contributed by atoms with Gasteiger partial charge in [-0.1, -0.05) is 13.3 Å². The van der Waals surface area contributed by atoms with Gasteiger partial charge in [-0.05, 0) is 26.2 Å². The van der Waals surface area contributed by atoms with Crippen molar-refractivity contribution in [2.75, 3.05) is 48.8 Å². The number of anilines is 3. The Morgan fingerprint density at radius 2 is 1.76 bits per heavy atom. The molecule has 0 aliphatic rings. The van der Waals surface area contributed by atoms with Crippen molar-refractivity contribution in [1.82, 2.24) is 15.0 Å². The van der Waals surface area contributed by atoms with Crippen LogP contribution in [0.2, 0.25) is 0 Å². The highest BCUT2D eigenvalue weighted by Gasteiger charge is 2.12. The molecule has 1 aromatic heterocycles. The topological polar surface area (TPSA) is 86.2 Å². The summed E-state index contributed by atoms with van der Waals surface area (Å²) < 4.78 is 0. The van der Waals surface area contributed by atoms with Gasteiger partial charge >= 0.3 is 0 Å². The van der Waals surface area contributed by atoms with Crippen molar-refractivity contribution < 1.29 is 5.11 Å². The van der Waals surface area contributed by atoms with E-state index in [1.54, 1.807) is 7.05 Å². The van der Waals surface area contributed by atoms with Gasteiger partial charge in [0.25, 0.3) is 0 Å². The molecule has 1 heterocycles. The largest absolute Gasteiger partial charge is 0.396 e. The van der Waals surface area contributed by atoms with Crippen LogP contribution in [0.15, 0.2) is 0 Å². The zero-order valence-corrected chi connectivity index (χ0v) is 13.6. The molecule has 0 saturated carbocycles. The van der Waals surface area contributed by atoms with Gasteiger partial charge in [-0.25, -0.2) is 0 Å². The van der Waals surface area contributed by atoms with Gasteiger partial charge in [0.05, 0.1) is 0 Å². The first-order valence-electron chi connectivity index (χ1n) is 7.71. The number of hydrogen-bond donors (Lipinski definition) is 3. The smallest absolute Gasteiger partial charge is 0.231 e. The standard InChI is InChI=1S/C14H28N6O/c1-5-11(8-9-21)10-16-13-17-12(15-4)18-14(19-13)20(6-2)7-3/h11,21H,5-10H2,1-4H3,(H2,15,16,17,18,19). The number of aromatic nitrogens is 3. The molecule has 0 spiro atoms. The van der Waals surface area contributed by atoms with Crippen LogP contribution in [0.25, 0.3) is 0 Å². The fraction of sp³-hybridized carbons (Fsp3) is 0.786. The molecule has 1 atom stereocenters. The summed E-state index contributed by atoms with van der Waals surface area (Å²) in [5.74, 6) is 2.23. The van der Waals surface area contributed by atoms with Gasteiger partial charge in [-0.3, -0.25) is 0 Å². The quantitative estimate of drug-likeness (QED) is 0.604. The maximum atomic E-state index is 9.04. The van der Waals surface area contributed by atoms with E-state index < -0.39 is 0 Å². The normalized spacial score (nSPS) is 12.0. The second-order valence-electron chi connectivity index (χ2n) is 4.87. The van der Waals surface area contributed by atoms with Gasteiger partial charge < -0.3 is 20.6 Å². The molecule has 0 radical (unpaired) electrons. The van der Waals surface area contributed by atoms with Gasteiger partial charge in [0, 0.05) is 33.3 Å². The molecule has 7 nitrogen and oxygen atoms in total. The maximum absolute atomic E-state index is 9.04. The maximum Gasteiger partial charge on any atom is 0.231 e. The van der Waals surface area contributed by atoms with Crippen LogP contribution in [0.5, 0.6) is 0 Å². The summed E-state index contributed by atoms with van der Waals surface area (Å²) in [5.41, 5.74) is 0. The van der Waals surface area contributed by atoms with E-state index >= 15 is 0 Å². The van der Waals surface area contributed by atoms with E-state index in [0.29, 0.717) is 23.8 Å². The Hall–Kier alpha value is -1.63. The molecular weight excluding hydrogens is 268 g/mol. The van der Waals surface area contributed by atoms with Crippen molar-refractivity contribution in [2.45, 2.75) is 33.6 Å². The van der Waals surface area contributed by atoms with E-state index in [-0.39, 0.29) is 6.61 Å². The molecule has 0 bridgehead atoms. The van der Waals surface area contributed by atoms with E-state index in [4.69, 9.17) is 5.11 Å². The minimum Gasteiger partial charge on any atom is -0.396 e. The number of rotatable bonds is 10. The first kappa shape index (κ1) is 17.4. The van der Waals surface area contributed by atoms with E-state index in [2.05, 4.69) is 51.3 Å². The lowest BCUT2D eigenvalue weighted by Crippen LogP contribution is -2.26. The molecule has 1 rings (SSSR count). The highest BCUT2D eigenvalue weighted by Crippen LogP contribution is 2.14. The van der Waals surface area contributed by atoms with Crippen molar-refractivity contribution in [1.29, 1.82) is 0 Å². The van der Waals surface area contributed by atoms with Crippen LogP contribution in [0.3, 0.4) is 0 Å². The van der Waals surface area contributed by atoms with Gasteiger partial charge in [0.15, 0.2) is 0 Å². The van der Waals surface area contributed by atoms with E-state index in [9.17, 15) is 0 Å². The molecule has 0 aliphatic heterocycles. The van der Waals surface area contributed by atoms with Gasteiger partial charge in [-0.15, -0.1) is 0 Å². The van der Waals surface area contributed by atoms with Crippen molar-refractivity contribution in [3.63, 3.8) is 0 Å². The number of hydrogen-bond acceptors (Lipinski definition) is 7. The van der Waals surface area contributed by atoms with Crippen LogP contribution in [0.4, 0.5) is 17.8 Å². The summed E-state index contributed by atoms with van der Waals surface area (Å²) in [6.45, 7) is 8.94. The first-order chi connectivity index (χ1) is 10.2. The SMILES string of the molecule is CCC(CCO)CNc1nc(NC)nc(N(CC)CC)n1. The van der Waals surface area contributed by atoms with Gasteiger partial charge in [0.1, 0.15) is 0 Å². The second kappa shape index (κ2) is 9.33. The van der Waals surface area contributed by atoms with Crippen LogP contribution in [-0.4, -0.2) is 53.3 Å². The minimum absolute atomic E-state index is 0.212. The predicted molar refractivity (Wildman–Crippen MR) is 86.9 cm³/mol. The van der Waals surface area contributed by atoms with Crippen LogP contribution >= 0.6 is 0 Å². The third-order valence-corrected chi connectivity index (χ3v) is 3.56. The second-order valence-corrected chi connectivity index (χ2v) is 4.87. The van der Waals surface area contributed by atoms with Crippen LogP contribution < -0.4 is 15.5 Å². The zero-order valence-electron chi connectivity index (χ0n) is 13.6. The molecule has 7 heteroatoms. The Labute approximate surface area is 127 Å². The van der Waals surface area contributed by atoms with Crippen LogP contribution in [0.1, 0.15) is 33.6 Å². The average Bonchev–Trinajstić information content (AvgIpc) is 2.52. The van der Waals surface area contributed by atoms with Crippen molar-refractivity contribution in [2.24, 2.45) is 5.92 Å². The molecular formula is C14H28N6O. The highest BCUT2D eigenvalue weighted by atomic mass is 16.3. The Morgan fingerprint density at radius 1 is 1.10 bits per heavy atom. The predicted octanol–water partition coefficient (Wildman–Crippen LogP) is 1.58. The van der Waals surface area contributed by atoms with Crippen molar-refractivity contribution in [3.05, 3.63) is 0 Å². The molecule has 3 N–H and O–H groups in total. The Kier molecular flexibility index (Phi) is 7.74. The lowest BCUT2D eigenvalue weighted by Gasteiger charge is -2.20. The third kappa shape index (κ3) is 5.34. The fourth-order valence-corrected chi connectivity index (χ4v) is 2.07. The Morgan fingerprint density at radius 3 is 2.29 bits per heavy atom. The van der Waals surface area contributed by atoms with Crippen molar-refractivity contribution >= 4 is 17.8 Å². The monoisotopic (exact) mass is 296 g/mol. The van der Waals surface area contributed by atoms with E-state index in [1.165, 1.54) is 0 Å². The molecule has 1 aromatic rings. The Bertz CT molecular complexity index is 410. The van der Waals surface area contributed by atoms with Gasteiger partial charge in [0.2, 0.25) is 17.8 Å². The molecule has 0 aliphatic carbocycles. The van der Waals surface area contributed by atoms with Crippen LogP contribution in [-0.2, 0) is 0 Å². The summed E-state index contributed by atoms with van der Waals surface area (Å²) in [5, 5.41) is 15.3.